The molecule has 0 heterocycles. The van der Waals surface area contributed by atoms with Gasteiger partial charge < -0.3 is 0 Å². The summed E-state index contributed by atoms with van der Waals surface area (Å²) >= 11 is 0. The zero-order chi connectivity index (χ0) is 13.8. The predicted molar refractivity (Wildman–Crippen MR) is 84.3 cm³/mol. The van der Waals surface area contributed by atoms with Crippen molar-refractivity contribution in [3.8, 4) is 11.1 Å². The molecule has 96 valence electrons. The van der Waals surface area contributed by atoms with Crippen LogP contribution in [0.15, 0.2) is 84.9 Å². The van der Waals surface area contributed by atoms with Crippen molar-refractivity contribution >= 4 is 5.71 Å². The Morgan fingerprint density at radius 2 is 1.15 bits per heavy atom. The third kappa shape index (κ3) is 2.39. The summed E-state index contributed by atoms with van der Waals surface area (Å²) in [6.07, 6.45) is 0. The molecule has 0 spiro atoms. The van der Waals surface area contributed by atoms with Crippen LogP contribution in [-0.2, 0) is 0 Å². The fourth-order valence-electron chi connectivity index (χ4n) is 2.33. The molecule has 3 aromatic rings. The zero-order valence-electron chi connectivity index (χ0n) is 11.1. The first-order valence-electron chi connectivity index (χ1n) is 6.65. The average molecular weight is 257 g/mol. The molecule has 3 aromatic carbocycles. The first kappa shape index (κ1) is 12.4. The molecule has 0 aliphatic heterocycles. The standard InChI is InChI=1S/C19H15N/c20-19(16-11-5-2-6-12-16)18-14-8-7-13-17(18)15-9-3-1-4-10-15/h1-14,20H. The van der Waals surface area contributed by atoms with E-state index in [0.717, 1.165) is 22.3 Å². The summed E-state index contributed by atoms with van der Waals surface area (Å²) in [5.74, 6) is 0. The zero-order valence-corrected chi connectivity index (χ0v) is 11.1. The molecule has 0 saturated carbocycles. The minimum absolute atomic E-state index is 0.560. The van der Waals surface area contributed by atoms with E-state index in [1.165, 1.54) is 0 Å². The lowest BCUT2D eigenvalue weighted by molar-refractivity contribution is 1.45. The molecule has 20 heavy (non-hydrogen) atoms. The fraction of sp³-hybridized carbons (Fsp3) is 0. The van der Waals surface area contributed by atoms with Gasteiger partial charge in [0, 0.05) is 11.1 Å². The van der Waals surface area contributed by atoms with Gasteiger partial charge in [-0.1, -0.05) is 84.9 Å². The first-order valence-corrected chi connectivity index (χ1v) is 6.65. The van der Waals surface area contributed by atoms with E-state index in [-0.39, 0.29) is 0 Å². The molecule has 3 rings (SSSR count). The van der Waals surface area contributed by atoms with Gasteiger partial charge in [-0.25, -0.2) is 0 Å². The summed E-state index contributed by atoms with van der Waals surface area (Å²) in [4.78, 5) is 0. The van der Waals surface area contributed by atoms with E-state index in [1.54, 1.807) is 0 Å². The van der Waals surface area contributed by atoms with Crippen molar-refractivity contribution in [2.24, 2.45) is 0 Å². The number of hydrogen-bond donors (Lipinski definition) is 1. The first-order chi connectivity index (χ1) is 9.86. The summed E-state index contributed by atoms with van der Waals surface area (Å²) in [6, 6.07) is 28.2. The molecule has 0 unspecified atom stereocenters. The van der Waals surface area contributed by atoms with Crippen LogP contribution in [0.5, 0.6) is 0 Å². The predicted octanol–water partition coefficient (Wildman–Crippen LogP) is 4.77. The van der Waals surface area contributed by atoms with Gasteiger partial charge in [-0.2, -0.15) is 0 Å². The van der Waals surface area contributed by atoms with Crippen molar-refractivity contribution in [3.05, 3.63) is 96.1 Å². The Kier molecular flexibility index (Phi) is 3.42. The Hall–Kier alpha value is -2.67. The van der Waals surface area contributed by atoms with Gasteiger partial charge in [0.25, 0.3) is 0 Å². The lowest BCUT2D eigenvalue weighted by Crippen LogP contribution is -2.03. The van der Waals surface area contributed by atoms with Crippen LogP contribution in [-0.4, -0.2) is 5.71 Å². The van der Waals surface area contributed by atoms with Crippen molar-refractivity contribution in [2.45, 2.75) is 0 Å². The van der Waals surface area contributed by atoms with Crippen molar-refractivity contribution in [3.63, 3.8) is 0 Å². The monoisotopic (exact) mass is 257 g/mol. The van der Waals surface area contributed by atoms with E-state index < -0.39 is 0 Å². The summed E-state index contributed by atoms with van der Waals surface area (Å²) in [7, 11) is 0. The molecule has 0 radical (unpaired) electrons. The lowest BCUT2D eigenvalue weighted by Gasteiger charge is -2.11. The second kappa shape index (κ2) is 5.54. The molecular weight excluding hydrogens is 242 g/mol. The van der Waals surface area contributed by atoms with Crippen molar-refractivity contribution < 1.29 is 0 Å². The van der Waals surface area contributed by atoms with Gasteiger partial charge >= 0.3 is 0 Å². The Labute approximate surface area is 119 Å². The van der Waals surface area contributed by atoms with Gasteiger partial charge in [-0.05, 0) is 11.1 Å². The molecule has 0 saturated heterocycles. The SMILES string of the molecule is N=C(c1ccccc1)c1ccccc1-c1ccccc1. The Morgan fingerprint density at radius 3 is 1.85 bits per heavy atom. The number of rotatable bonds is 3. The molecule has 1 heteroatoms. The second-order valence-corrected chi connectivity index (χ2v) is 4.65. The van der Waals surface area contributed by atoms with Crippen LogP contribution in [0.4, 0.5) is 0 Å². The smallest absolute Gasteiger partial charge is 0.0690 e. The molecule has 1 N–H and O–H groups in total. The molecule has 0 aliphatic carbocycles. The van der Waals surface area contributed by atoms with Gasteiger partial charge in [-0.15, -0.1) is 0 Å². The van der Waals surface area contributed by atoms with Crippen molar-refractivity contribution in [2.75, 3.05) is 0 Å². The van der Waals surface area contributed by atoms with E-state index in [1.807, 2.05) is 66.7 Å². The molecule has 0 bridgehead atoms. The molecule has 0 fully saturated rings. The number of nitrogens with one attached hydrogen (secondary N) is 1. The van der Waals surface area contributed by atoms with E-state index in [4.69, 9.17) is 5.41 Å². The van der Waals surface area contributed by atoms with Gasteiger partial charge in [0.15, 0.2) is 0 Å². The third-order valence-electron chi connectivity index (χ3n) is 3.34. The van der Waals surface area contributed by atoms with Crippen LogP contribution in [0.3, 0.4) is 0 Å². The Balaban J connectivity index is 2.10. The van der Waals surface area contributed by atoms with Crippen molar-refractivity contribution in [1.82, 2.24) is 0 Å². The van der Waals surface area contributed by atoms with E-state index >= 15 is 0 Å². The third-order valence-corrected chi connectivity index (χ3v) is 3.34. The Bertz CT molecular complexity index is 715. The molecule has 0 atom stereocenters. The highest BCUT2D eigenvalue weighted by atomic mass is 14.4. The minimum Gasteiger partial charge on any atom is -0.300 e. The Morgan fingerprint density at radius 1 is 0.600 bits per heavy atom. The summed E-state index contributed by atoms with van der Waals surface area (Å²) in [6.45, 7) is 0. The van der Waals surface area contributed by atoms with Crippen LogP contribution in [0, 0.1) is 5.41 Å². The van der Waals surface area contributed by atoms with Crippen LogP contribution in [0.25, 0.3) is 11.1 Å². The van der Waals surface area contributed by atoms with E-state index in [0.29, 0.717) is 5.71 Å². The largest absolute Gasteiger partial charge is 0.300 e. The molecular formula is C19H15N. The summed E-state index contributed by atoms with van der Waals surface area (Å²) in [5, 5.41) is 8.46. The molecule has 0 aromatic heterocycles. The molecule has 0 amide bonds. The van der Waals surface area contributed by atoms with Crippen LogP contribution >= 0.6 is 0 Å². The van der Waals surface area contributed by atoms with E-state index in [2.05, 4.69) is 18.2 Å². The number of benzene rings is 3. The lowest BCUT2D eigenvalue weighted by atomic mass is 9.93. The normalized spacial score (nSPS) is 10.2. The molecule has 0 aliphatic rings. The van der Waals surface area contributed by atoms with Crippen LogP contribution < -0.4 is 0 Å². The van der Waals surface area contributed by atoms with Crippen LogP contribution in [0.2, 0.25) is 0 Å². The van der Waals surface area contributed by atoms with Crippen LogP contribution in [0.1, 0.15) is 11.1 Å². The van der Waals surface area contributed by atoms with Gasteiger partial charge in [0.05, 0.1) is 5.71 Å². The summed E-state index contributed by atoms with van der Waals surface area (Å²) < 4.78 is 0. The second-order valence-electron chi connectivity index (χ2n) is 4.65. The maximum atomic E-state index is 8.46. The van der Waals surface area contributed by atoms with Gasteiger partial charge in [0.1, 0.15) is 0 Å². The van der Waals surface area contributed by atoms with Gasteiger partial charge in [-0.3, -0.25) is 5.41 Å². The highest BCUT2D eigenvalue weighted by Gasteiger charge is 2.10. The quantitative estimate of drug-likeness (QED) is 0.653. The maximum Gasteiger partial charge on any atom is 0.0690 e. The van der Waals surface area contributed by atoms with Gasteiger partial charge in [0.2, 0.25) is 0 Å². The van der Waals surface area contributed by atoms with Crippen molar-refractivity contribution in [1.29, 1.82) is 5.41 Å². The average Bonchev–Trinajstić information content (AvgIpc) is 2.56. The fourth-order valence-corrected chi connectivity index (χ4v) is 2.33. The molecule has 1 nitrogen and oxygen atoms in total. The topological polar surface area (TPSA) is 23.9 Å². The maximum absolute atomic E-state index is 8.46. The highest BCUT2D eigenvalue weighted by Crippen LogP contribution is 2.25. The number of hydrogen-bond acceptors (Lipinski definition) is 1. The van der Waals surface area contributed by atoms with E-state index in [9.17, 15) is 0 Å². The highest BCUT2D eigenvalue weighted by molar-refractivity contribution is 6.14. The minimum atomic E-state index is 0.560. The summed E-state index contributed by atoms with van der Waals surface area (Å²) in [5.41, 5.74) is 4.71.